The van der Waals surface area contributed by atoms with E-state index in [-0.39, 0.29) is 17.1 Å². The molecule has 0 saturated heterocycles. The molecule has 27 heavy (non-hydrogen) atoms. The maximum atomic E-state index is 14.1. The van der Waals surface area contributed by atoms with Gasteiger partial charge in [0.05, 0.1) is 22.2 Å². The smallest absolute Gasteiger partial charge is 0.272 e. The van der Waals surface area contributed by atoms with Gasteiger partial charge in [0, 0.05) is 17.6 Å². The van der Waals surface area contributed by atoms with Gasteiger partial charge < -0.3 is 14.4 Å². The van der Waals surface area contributed by atoms with Crippen molar-refractivity contribution in [1.82, 2.24) is 9.97 Å². The third-order valence-corrected chi connectivity index (χ3v) is 4.32. The van der Waals surface area contributed by atoms with Gasteiger partial charge in [0.2, 0.25) is 0 Å². The number of benzene rings is 1. The van der Waals surface area contributed by atoms with E-state index < -0.39 is 36.7 Å². The van der Waals surface area contributed by atoms with Crippen LogP contribution in [0.15, 0.2) is 35.5 Å². The van der Waals surface area contributed by atoms with Crippen LogP contribution in [-0.2, 0) is 0 Å². The van der Waals surface area contributed by atoms with Crippen LogP contribution in [0.1, 0.15) is 12.0 Å². The van der Waals surface area contributed by atoms with Crippen LogP contribution in [0.2, 0.25) is 0 Å². The van der Waals surface area contributed by atoms with Crippen LogP contribution in [0.5, 0.6) is 5.75 Å². The molecule has 0 unspecified atom stereocenters. The Hall–Kier alpha value is -2.56. The third-order valence-electron chi connectivity index (χ3n) is 3.47. The Labute approximate surface area is 153 Å². The number of halogens is 6. The molecule has 2 N–H and O–H groups in total. The van der Waals surface area contributed by atoms with Gasteiger partial charge in [0.1, 0.15) is 12.4 Å². The normalized spacial score (nSPS) is 11.6. The molecule has 2 aromatic heterocycles. The van der Waals surface area contributed by atoms with Crippen molar-refractivity contribution in [2.24, 2.45) is 0 Å². The summed E-state index contributed by atoms with van der Waals surface area (Å²) in [7, 11) is 0. The molecular weight excluding hydrogens is 396 g/mol. The maximum Gasteiger partial charge on any atom is 0.272 e. The Balaban J connectivity index is 1.74. The summed E-state index contributed by atoms with van der Waals surface area (Å²) in [6.45, 7) is -0.885. The lowest BCUT2D eigenvalue weighted by atomic mass is 10.1. The van der Waals surface area contributed by atoms with Crippen LogP contribution in [0.25, 0.3) is 10.9 Å². The number of H-pyrrole nitrogens is 1. The summed E-state index contributed by atoms with van der Waals surface area (Å²) in [6, 6.07) is 3.20. The van der Waals surface area contributed by atoms with E-state index in [9.17, 15) is 26.3 Å². The average Bonchev–Trinajstić information content (AvgIpc) is 3.03. The molecule has 0 amide bonds. The number of aromatic amines is 1. The average molecular weight is 407 g/mol. The van der Waals surface area contributed by atoms with Gasteiger partial charge in [-0.3, -0.25) is 0 Å². The predicted octanol–water partition coefficient (Wildman–Crippen LogP) is 5.54. The van der Waals surface area contributed by atoms with E-state index in [1.165, 1.54) is 12.3 Å². The van der Waals surface area contributed by atoms with Gasteiger partial charge in [-0.05, 0) is 18.0 Å². The van der Waals surface area contributed by atoms with Gasteiger partial charge in [-0.25, -0.2) is 31.3 Å². The molecule has 1 aromatic carbocycles. The van der Waals surface area contributed by atoms with Crippen molar-refractivity contribution in [2.45, 2.75) is 17.7 Å². The number of nitrogens with zero attached hydrogens (tertiary/aromatic N) is 1. The Morgan fingerprint density at radius 3 is 2.63 bits per heavy atom. The third kappa shape index (κ3) is 4.24. The van der Waals surface area contributed by atoms with Crippen molar-refractivity contribution in [1.29, 1.82) is 0 Å². The molecule has 2 heterocycles. The molecule has 0 radical (unpaired) electrons. The summed E-state index contributed by atoms with van der Waals surface area (Å²) in [6.07, 6.45) is -3.21. The maximum absolute atomic E-state index is 14.1. The first kappa shape index (κ1) is 19.2. The van der Waals surface area contributed by atoms with Gasteiger partial charge >= 0.3 is 0 Å². The predicted molar refractivity (Wildman–Crippen MR) is 88.4 cm³/mol. The molecule has 0 atom stereocenters. The highest BCUT2D eigenvalue weighted by Crippen LogP contribution is 2.34. The Morgan fingerprint density at radius 1 is 1.19 bits per heavy atom. The molecule has 0 aliphatic heterocycles. The highest BCUT2D eigenvalue weighted by atomic mass is 32.2. The van der Waals surface area contributed by atoms with E-state index in [4.69, 9.17) is 0 Å². The first-order chi connectivity index (χ1) is 12.9. The Kier molecular flexibility index (Phi) is 5.68. The number of alkyl halides is 4. The fourth-order valence-corrected chi connectivity index (χ4v) is 3.00. The number of hydrogen-bond donors (Lipinski definition) is 2. The zero-order valence-electron chi connectivity index (χ0n) is 13.3. The monoisotopic (exact) mass is 407 g/mol. The standard InChI is InChI=1S/C16H11F6N3OS/c17-10-3-7(26-6-12(18)19)4-24-16(10)25-27-11-5-23-14-8(11)1-2-9(13(14)20)15(21)22/h1-5,12,15,23H,6H2,(H,24,25). The molecule has 3 aromatic rings. The second-order valence-corrected chi connectivity index (χ2v) is 6.10. The number of pyridine rings is 1. The number of aromatic nitrogens is 2. The van der Waals surface area contributed by atoms with Crippen molar-refractivity contribution in [3.63, 3.8) is 0 Å². The lowest BCUT2D eigenvalue weighted by Crippen LogP contribution is -2.07. The molecular formula is C16H11F6N3OS. The van der Waals surface area contributed by atoms with Crippen LogP contribution >= 0.6 is 11.9 Å². The van der Waals surface area contributed by atoms with Crippen molar-refractivity contribution >= 4 is 28.7 Å². The molecule has 0 spiro atoms. The van der Waals surface area contributed by atoms with Crippen molar-refractivity contribution in [3.05, 3.63) is 47.8 Å². The molecule has 0 aliphatic rings. The van der Waals surface area contributed by atoms with Gasteiger partial charge in [-0.2, -0.15) is 0 Å². The van der Waals surface area contributed by atoms with E-state index in [2.05, 4.69) is 19.4 Å². The lowest BCUT2D eigenvalue weighted by Gasteiger charge is -2.08. The fraction of sp³-hybridized carbons (Fsp3) is 0.188. The second-order valence-electron chi connectivity index (χ2n) is 5.25. The first-order valence-corrected chi connectivity index (χ1v) is 8.25. The summed E-state index contributed by atoms with van der Waals surface area (Å²) in [5, 5.41) is 0.326. The number of hydrogen-bond acceptors (Lipinski definition) is 4. The Morgan fingerprint density at radius 2 is 1.96 bits per heavy atom. The Bertz CT molecular complexity index is 949. The summed E-state index contributed by atoms with van der Waals surface area (Å²) >= 11 is 0.872. The number of rotatable bonds is 7. The van der Waals surface area contributed by atoms with Crippen molar-refractivity contribution < 1.29 is 31.1 Å². The lowest BCUT2D eigenvalue weighted by molar-refractivity contribution is 0.0815. The van der Waals surface area contributed by atoms with Gasteiger partial charge in [0.15, 0.2) is 17.5 Å². The van der Waals surface area contributed by atoms with E-state index in [0.29, 0.717) is 10.3 Å². The molecule has 0 aliphatic carbocycles. The van der Waals surface area contributed by atoms with E-state index in [1.54, 1.807) is 0 Å². The first-order valence-electron chi connectivity index (χ1n) is 7.43. The van der Waals surface area contributed by atoms with Gasteiger partial charge in [-0.15, -0.1) is 0 Å². The number of nitrogens with one attached hydrogen (secondary N) is 2. The molecule has 0 saturated carbocycles. The minimum atomic E-state index is -2.95. The number of anilines is 1. The molecule has 0 fully saturated rings. The molecule has 3 rings (SSSR count). The summed E-state index contributed by atoms with van der Waals surface area (Å²) in [5.74, 6) is -2.26. The van der Waals surface area contributed by atoms with Gasteiger partial charge in [-0.1, -0.05) is 6.07 Å². The van der Waals surface area contributed by atoms with Crippen LogP contribution in [0.3, 0.4) is 0 Å². The van der Waals surface area contributed by atoms with Crippen molar-refractivity contribution in [2.75, 3.05) is 11.3 Å². The highest BCUT2D eigenvalue weighted by molar-refractivity contribution is 8.00. The summed E-state index contributed by atoms with van der Waals surface area (Å²) < 4.78 is 84.9. The molecule has 0 bridgehead atoms. The largest absolute Gasteiger partial charge is 0.486 e. The zero-order valence-corrected chi connectivity index (χ0v) is 14.1. The van der Waals surface area contributed by atoms with Crippen LogP contribution < -0.4 is 9.46 Å². The van der Waals surface area contributed by atoms with Crippen LogP contribution in [0, 0.1) is 11.6 Å². The van der Waals surface area contributed by atoms with E-state index >= 15 is 0 Å². The number of ether oxygens (including phenoxy) is 1. The molecule has 4 nitrogen and oxygen atoms in total. The summed E-state index contributed by atoms with van der Waals surface area (Å²) in [5.41, 5.74) is -0.817. The van der Waals surface area contributed by atoms with Crippen LogP contribution in [0.4, 0.5) is 32.2 Å². The SMILES string of the molecule is Fc1cc(OCC(F)F)cnc1NSc1c[nH]c2c(F)c(C(F)F)ccc12. The summed E-state index contributed by atoms with van der Waals surface area (Å²) in [4.78, 5) is 6.72. The van der Waals surface area contributed by atoms with Gasteiger partial charge in [0.25, 0.3) is 12.9 Å². The number of fused-ring (bicyclic) bond motifs is 1. The quantitative estimate of drug-likeness (QED) is 0.399. The van der Waals surface area contributed by atoms with E-state index in [0.717, 1.165) is 30.3 Å². The molecule has 144 valence electrons. The zero-order chi connectivity index (χ0) is 19.6. The topological polar surface area (TPSA) is 49.9 Å². The van der Waals surface area contributed by atoms with E-state index in [1.807, 2.05) is 0 Å². The van der Waals surface area contributed by atoms with Crippen LogP contribution in [-0.4, -0.2) is 23.0 Å². The molecule has 11 heteroatoms. The highest BCUT2D eigenvalue weighted by Gasteiger charge is 2.18. The minimum Gasteiger partial charge on any atom is -0.486 e. The second kappa shape index (κ2) is 7.99. The van der Waals surface area contributed by atoms with Crippen molar-refractivity contribution in [3.8, 4) is 5.75 Å². The fourth-order valence-electron chi connectivity index (χ4n) is 2.24. The minimum absolute atomic E-state index is 0.0960.